The van der Waals surface area contributed by atoms with Crippen LogP contribution in [-0.4, -0.2) is 90.0 Å². The van der Waals surface area contributed by atoms with E-state index in [-0.39, 0.29) is 6.42 Å². The molecular weight excluding hydrogens is 568 g/mol. The number of carboxylic acid groups (broad SMARTS) is 3. The van der Waals surface area contributed by atoms with Crippen LogP contribution in [0, 0.1) is 5.92 Å². The van der Waals surface area contributed by atoms with Crippen molar-refractivity contribution in [2.24, 2.45) is 5.92 Å². The second-order valence-corrected chi connectivity index (χ2v) is 11.0. The van der Waals surface area contributed by atoms with Gasteiger partial charge in [-0.1, -0.05) is 96.8 Å². The van der Waals surface area contributed by atoms with Crippen molar-refractivity contribution < 1.29 is 64.5 Å². The molecule has 0 heterocycles. The summed E-state index contributed by atoms with van der Waals surface area (Å²) in [7, 11) is 0. The van der Waals surface area contributed by atoms with E-state index in [4.69, 9.17) is 25.5 Å². The van der Waals surface area contributed by atoms with Crippen LogP contribution in [0.4, 0.5) is 0 Å². The van der Waals surface area contributed by atoms with Gasteiger partial charge in [0.2, 0.25) is 0 Å². The lowest BCUT2D eigenvalue weighted by atomic mass is 9.94. The summed E-state index contributed by atoms with van der Waals surface area (Å²) in [6.07, 6.45) is 13.3. The number of ether oxygens (including phenoxy) is 1. The van der Waals surface area contributed by atoms with Crippen molar-refractivity contribution in [2.45, 2.75) is 147 Å². The molecule has 0 aromatic rings. The zero-order chi connectivity index (χ0) is 33.3. The number of hydrogen-bond donors (Lipinski definition) is 7. The van der Waals surface area contributed by atoms with Gasteiger partial charge in [-0.15, -0.1) is 0 Å². The van der Waals surface area contributed by atoms with Crippen molar-refractivity contribution in [1.82, 2.24) is 0 Å². The number of carboxylic acids is 3. The van der Waals surface area contributed by atoms with E-state index in [0.717, 1.165) is 19.3 Å². The first-order valence-electron chi connectivity index (χ1n) is 15.3. The highest BCUT2D eigenvalue weighted by Crippen LogP contribution is 2.20. The number of hydrogen-bond acceptors (Lipinski definition) is 10. The SMILES string of the molecule is CCCCCCCCCCCCCCCCC(CC(O)CO)C(=O)OC(=O)C(C)O.O=C(O)CC(O)(CC(=O)O)C(=O)O. The minimum Gasteiger partial charge on any atom is -0.481 e. The minimum atomic E-state index is -2.74. The molecule has 3 atom stereocenters. The zero-order valence-electron chi connectivity index (χ0n) is 25.7. The first-order chi connectivity index (χ1) is 20.2. The standard InChI is InChI=1S/C24H46O6.C6H8O7/c1-3-4-5-6-7-8-9-10-11-12-13-14-15-16-17-21(18-22(27)19-25)24(29)30-23(28)20(2)26;7-3(8)1-6(13,5(11)12)2-4(9)10/h20-22,25-27H,3-19H2,1-2H3;13H,1-2H2,(H,7,8)(H,9,10)(H,11,12). The van der Waals surface area contributed by atoms with E-state index in [0.29, 0.717) is 6.42 Å². The van der Waals surface area contributed by atoms with Crippen molar-refractivity contribution in [3.8, 4) is 0 Å². The van der Waals surface area contributed by atoms with Crippen LogP contribution in [0.2, 0.25) is 0 Å². The number of carbonyl (C=O) groups is 5. The second kappa shape index (κ2) is 25.8. The number of unbranched alkanes of at least 4 members (excludes halogenated alkanes) is 13. The van der Waals surface area contributed by atoms with E-state index < -0.39 is 73.0 Å². The van der Waals surface area contributed by atoms with E-state index in [1.165, 1.54) is 77.6 Å². The summed E-state index contributed by atoms with van der Waals surface area (Å²) in [6, 6.07) is 0. The molecule has 0 radical (unpaired) electrons. The third-order valence-electron chi connectivity index (χ3n) is 6.83. The van der Waals surface area contributed by atoms with Gasteiger partial charge in [0.25, 0.3) is 0 Å². The van der Waals surface area contributed by atoms with Crippen molar-refractivity contribution >= 4 is 29.8 Å². The largest absolute Gasteiger partial charge is 0.481 e. The Morgan fingerprint density at radius 2 is 1.07 bits per heavy atom. The predicted molar refractivity (Wildman–Crippen MR) is 156 cm³/mol. The molecule has 13 nitrogen and oxygen atoms in total. The molecule has 0 aliphatic rings. The Morgan fingerprint density at radius 3 is 1.40 bits per heavy atom. The van der Waals surface area contributed by atoms with E-state index in [1.54, 1.807) is 0 Å². The fourth-order valence-electron chi connectivity index (χ4n) is 4.30. The van der Waals surface area contributed by atoms with E-state index in [2.05, 4.69) is 11.7 Å². The summed E-state index contributed by atoms with van der Waals surface area (Å²) in [5, 5.41) is 61.6. The molecule has 0 bridgehead atoms. The van der Waals surface area contributed by atoms with Crippen LogP contribution >= 0.6 is 0 Å². The maximum atomic E-state index is 12.1. The van der Waals surface area contributed by atoms with Gasteiger partial charge in [-0.2, -0.15) is 0 Å². The molecule has 7 N–H and O–H groups in total. The van der Waals surface area contributed by atoms with Crippen molar-refractivity contribution in [3.63, 3.8) is 0 Å². The highest BCUT2D eigenvalue weighted by Gasteiger charge is 2.40. The summed E-state index contributed by atoms with van der Waals surface area (Å²) < 4.78 is 4.67. The number of esters is 2. The van der Waals surface area contributed by atoms with Gasteiger partial charge >= 0.3 is 29.8 Å². The molecule has 13 heteroatoms. The molecule has 252 valence electrons. The molecule has 3 unspecified atom stereocenters. The number of carbonyl (C=O) groups excluding carboxylic acids is 2. The molecule has 43 heavy (non-hydrogen) atoms. The zero-order valence-corrected chi connectivity index (χ0v) is 25.7. The lowest BCUT2D eigenvalue weighted by molar-refractivity contribution is -0.170. The third-order valence-corrected chi connectivity index (χ3v) is 6.83. The maximum Gasteiger partial charge on any atom is 0.342 e. The Morgan fingerprint density at radius 1 is 0.674 bits per heavy atom. The summed E-state index contributed by atoms with van der Waals surface area (Å²) in [5.74, 6) is -7.38. The quantitative estimate of drug-likeness (QED) is 0.0439. The molecule has 0 aliphatic carbocycles. The van der Waals surface area contributed by atoms with Crippen molar-refractivity contribution in [3.05, 3.63) is 0 Å². The van der Waals surface area contributed by atoms with Gasteiger partial charge in [0.1, 0.15) is 6.10 Å². The predicted octanol–water partition coefficient (Wildman–Crippen LogP) is 3.42. The Bertz CT molecular complexity index is 781. The van der Waals surface area contributed by atoms with Crippen LogP contribution in [0.25, 0.3) is 0 Å². The molecule has 0 saturated carbocycles. The summed E-state index contributed by atoms with van der Waals surface area (Å²) in [4.78, 5) is 54.0. The molecule has 0 aromatic carbocycles. The second-order valence-electron chi connectivity index (χ2n) is 11.0. The summed E-state index contributed by atoms with van der Waals surface area (Å²) in [6.45, 7) is 3.05. The first-order valence-corrected chi connectivity index (χ1v) is 15.3. The topological polar surface area (TPSA) is 236 Å². The molecule has 0 amide bonds. The van der Waals surface area contributed by atoms with Crippen molar-refractivity contribution in [2.75, 3.05) is 6.61 Å². The summed E-state index contributed by atoms with van der Waals surface area (Å²) >= 11 is 0. The van der Waals surface area contributed by atoms with Gasteiger partial charge in [-0.05, 0) is 19.8 Å². The molecule has 0 fully saturated rings. The average Bonchev–Trinajstić information content (AvgIpc) is 2.91. The van der Waals surface area contributed by atoms with E-state index in [1.807, 2.05) is 0 Å². The first kappa shape index (κ1) is 42.5. The lowest BCUT2D eigenvalue weighted by Crippen LogP contribution is -2.42. The Balaban J connectivity index is 0. The monoisotopic (exact) mass is 622 g/mol. The van der Waals surface area contributed by atoms with E-state index in [9.17, 15) is 34.2 Å². The number of aliphatic hydroxyl groups is 4. The number of aliphatic hydroxyl groups excluding tert-OH is 3. The van der Waals surface area contributed by atoms with Crippen LogP contribution in [-0.2, 0) is 28.7 Å². The maximum absolute atomic E-state index is 12.1. The van der Waals surface area contributed by atoms with Crippen LogP contribution in [0.3, 0.4) is 0 Å². The van der Waals surface area contributed by atoms with Gasteiger partial charge in [0.15, 0.2) is 5.60 Å². The number of aliphatic carboxylic acids is 3. The van der Waals surface area contributed by atoms with Crippen LogP contribution in [0.5, 0.6) is 0 Å². The van der Waals surface area contributed by atoms with Crippen LogP contribution < -0.4 is 0 Å². The minimum absolute atomic E-state index is 0.0564. The third kappa shape index (κ3) is 24.5. The fourth-order valence-corrected chi connectivity index (χ4v) is 4.30. The molecule has 0 rings (SSSR count). The van der Waals surface area contributed by atoms with Crippen LogP contribution in [0.15, 0.2) is 0 Å². The molecule has 0 spiro atoms. The Hall–Kier alpha value is -2.61. The van der Waals surface area contributed by atoms with Gasteiger partial charge < -0.3 is 40.5 Å². The Labute approximate surface area is 254 Å². The van der Waals surface area contributed by atoms with Crippen LogP contribution in [0.1, 0.15) is 129 Å². The van der Waals surface area contributed by atoms with Gasteiger partial charge in [0.05, 0.1) is 31.5 Å². The van der Waals surface area contributed by atoms with Gasteiger partial charge in [0, 0.05) is 0 Å². The highest BCUT2D eigenvalue weighted by atomic mass is 16.6. The normalized spacial score (nSPS) is 13.3. The van der Waals surface area contributed by atoms with Gasteiger partial charge in [-0.3, -0.25) is 14.4 Å². The fraction of sp³-hybridized carbons (Fsp3) is 0.833. The number of rotatable bonds is 25. The lowest BCUT2D eigenvalue weighted by Gasteiger charge is -2.18. The van der Waals surface area contributed by atoms with Gasteiger partial charge in [-0.25, -0.2) is 9.59 Å². The molecule has 0 aliphatic heterocycles. The van der Waals surface area contributed by atoms with Crippen molar-refractivity contribution in [1.29, 1.82) is 0 Å². The molecule has 0 saturated heterocycles. The molecule has 0 aromatic heterocycles. The van der Waals surface area contributed by atoms with E-state index >= 15 is 0 Å². The average molecular weight is 623 g/mol. The highest BCUT2D eigenvalue weighted by molar-refractivity contribution is 5.89. The molecular formula is C30H54O13. The smallest absolute Gasteiger partial charge is 0.342 e. The Kier molecular flexibility index (Phi) is 25.6. The summed E-state index contributed by atoms with van der Waals surface area (Å²) in [5.41, 5.74) is -2.74.